The fraction of sp³-hybridized carbons (Fsp3) is 0.444. The summed E-state index contributed by atoms with van der Waals surface area (Å²) in [6.07, 6.45) is 0.986. The highest BCUT2D eigenvalue weighted by Gasteiger charge is 2.25. The molecule has 2 N–H and O–H groups in total. The second-order valence-electron chi connectivity index (χ2n) is 5.89. The number of rotatable bonds is 6. The number of nitrogens with two attached hydrogens (primary N) is 1. The van der Waals surface area contributed by atoms with E-state index in [0.717, 1.165) is 13.0 Å². The second-order valence-corrected chi connectivity index (χ2v) is 6.83. The minimum absolute atomic E-state index is 0.165. The molecule has 0 aliphatic heterocycles. The van der Waals surface area contributed by atoms with Crippen molar-refractivity contribution in [1.82, 2.24) is 4.90 Å². The largest absolute Gasteiger partial charge is 0.326 e. The lowest BCUT2D eigenvalue weighted by Gasteiger charge is -2.32. The number of likely N-dealkylation sites (N-methyl/N-ethyl adjacent to an activating group) is 1. The molecule has 1 heterocycles. The molecule has 2 nitrogen and oxygen atoms in total. The summed E-state index contributed by atoms with van der Waals surface area (Å²) in [4.78, 5) is 3.79. The quantitative estimate of drug-likeness (QED) is 0.863. The van der Waals surface area contributed by atoms with Crippen LogP contribution in [-0.2, 0) is 6.54 Å². The normalized spacial score (nSPS) is 14.4. The zero-order valence-electron chi connectivity index (χ0n) is 13.5. The molecule has 0 amide bonds. The molecule has 3 heteroatoms. The van der Waals surface area contributed by atoms with E-state index in [-0.39, 0.29) is 12.1 Å². The number of aryl methyl sites for hydroxylation is 2. The number of nitrogens with zero attached hydrogens (tertiary/aromatic N) is 1. The van der Waals surface area contributed by atoms with Gasteiger partial charge in [0.15, 0.2) is 0 Å². The summed E-state index contributed by atoms with van der Waals surface area (Å²) in [6.45, 7) is 7.40. The van der Waals surface area contributed by atoms with Crippen molar-refractivity contribution in [3.05, 3.63) is 57.3 Å². The van der Waals surface area contributed by atoms with Gasteiger partial charge in [-0.15, -0.1) is 11.3 Å². The summed E-state index contributed by atoms with van der Waals surface area (Å²) < 4.78 is 0. The first-order valence-electron chi connectivity index (χ1n) is 7.58. The third-order valence-corrected chi connectivity index (χ3v) is 5.16. The van der Waals surface area contributed by atoms with Crippen LogP contribution in [0.25, 0.3) is 0 Å². The standard InChI is InChI=1S/C18H26N2S/c1-5-16(19)17(18-14(3)10-11-21-18)20(4)12-15-8-6-13(2)7-9-15/h6-11,16-17H,5,12,19H2,1-4H3. The molecule has 0 saturated carbocycles. The summed E-state index contributed by atoms with van der Waals surface area (Å²) in [7, 11) is 2.18. The van der Waals surface area contributed by atoms with E-state index in [1.54, 1.807) is 0 Å². The van der Waals surface area contributed by atoms with Gasteiger partial charge in [0.25, 0.3) is 0 Å². The minimum atomic E-state index is 0.165. The summed E-state index contributed by atoms with van der Waals surface area (Å²) >= 11 is 1.82. The van der Waals surface area contributed by atoms with Crippen molar-refractivity contribution < 1.29 is 0 Å². The fourth-order valence-corrected chi connectivity index (χ4v) is 3.88. The van der Waals surface area contributed by atoms with Gasteiger partial charge < -0.3 is 5.73 Å². The van der Waals surface area contributed by atoms with Crippen molar-refractivity contribution in [2.24, 2.45) is 5.73 Å². The Kier molecular flexibility index (Phi) is 5.57. The predicted octanol–water partition coefficient (Wildman–Crippen LogP) is 4.28. The first-order valence-corrected chi connectivity index (χ1v) is 8.46. The average Bonchev–Trinajstić information content (AvgIpc) is 2.87. The smallest absolute Gasteiger partial charge is 0.0596 e. The molecule has 0 aliphatic carbocycles. The highest BCUT2D eigenvalue weighted by atomic mass is 32.1. The lowest BCUT2D eigenvalue weighted by atomic mass is 10.0. The Morgan fingerprint density at radius 2 is 1.81 bits per heavy atom. The predicted molar refractivity (Wildman–Crippen MR) is 92.7 cm³/mol. The van der Waals surface area contributed by atoms with E-state index < -0.39 is 0 Å². The monoisotopic (exact) mass is 302 g/mol. The van der Waals surface area contributed by atoms with Crippen molar-refractivity contribution in [3.63, 3.8) is 0 Å². The van der Waals surface area contributed by atoms with Crippen LogP contribution in [0.15, 0.2) is 35.7 Å². The van der Waals surface area contributed by atoms with Gasteiger partial charge in [0, 0.05) is 17.5 Å². The Balaban J connectivity index is 2.20. The Hall–Kier alpha value is -1.16. The summed E-state index contributed by atoms with van der Waals surface area (Å²) in [5, 5.41) is 2.17. The molecule has 2 unspecified atom stereocenters. The Morgan fingerprint density at radius 3 is 2.33 bits per heavy atom. The lowest BCUT2D eigenvalue weighted by molar-refractivity contribution is 0.204. The van der Waals surface area contributed by atoms with Crippen LogP contribution in [0.2, 0.25) is 0 Å². The maximum absolute atomic E-state index is 6.42. The van der Waals surface area contributed by atoms with E-state index in [1.165, 1.54) is 21.6 Å². The molecule has 0 radical (unpaired) electrons. The first-order chi connectivity index (χ1) is 10.0. The van der Waals surface area contributed by atoms with Gasteiger partial charge >= 0.3 is 0 Å². The number of thiophene rings is 1. The van der Waals surface area contributed by atoms with Crippen LogP contribution < -0.4 is 5.73 Å². The Morgan fingerprint density at radius 1 is 1.14 bits per heavy atom. The maximum Gasteiger partial charge on any atom is 0.0596 e. The van der Waals surface area contributed by atoms with E-state index in [1.807, 2.05) is 11.3 Å². The van der Waals surface area contributed by atoms with Gasteiger partial charge in [0.1, 0.15) is 0 Å². The molecule has 21 heavy (non-hydrogen) atoms. The maximum atomic E-state index is 6.42. The average molecular weight is 302 g/mol. The first kappa shape index (κ1) is 16.2. The highest BCUT2D eigenvalue weighted by Crippen LogP contribution is 2.32. The molecule has 0 fully saturated rings. The molecule has 0 bridgehead atoms. The van der Waals surface area contributed by atoms with Crippen LogP contribution in [0.3, 0.4) is 0 Å². The molecule has 1 aromatic carbocycles. The van der Waals surface area contributed by atoms with Gasteiger partial charge in [0.05, 0.1) is 6.04 Å². The molecular weight excluding hydrogens is 276 g/mol. The second kappa shape index (κ2) is 7.21. The van der Waals surface area contributed by atoms with E-state index in [2.05, 4.69) is 68.4 Å². The van der Waals surface area contributed by atoms with Gasteiger partial charge in [-0.1, -0.05) is 36.8 Å². The Bertz CT molecular complexity index is 559. The molecule has 2 rings (SSSR count). The summed E-state index contributed by atoms with van der Waals surface area (Å²) in [5.74, 6) is 0. The molecular formula is C18H26N2S. The van der Waals surface area contributed by atoms with Gasteiger partial charge in [-0.2, -0.15) is 0 Å². The number of hydrogen-bond donors (Lipinski definition) is 1. The topological polar surface area (TPSA) is 29.3 Å². The highest BCUT2D eigenvalue weighted by molar-refractivity contribution is 7.10. The zero-order chi connectivity index (χ0) is 15.4. The number of hydrogen-bond acceptors (Lipinski definition) is 3. The van der Waals surface area contributed by atoms with E-state index >= 15 is 0 Å². The molecule has 0 aliphatic rings. The van der Waals surface area contributed by atoms with Crippen LogP contribution >= 0.6 is 11.3 Å². The van der Waals surface area contributed by atoms with Gasteiger partial charge in [-0.05, 0) is 49.9 Å². The van der Waals surface area contributed by atoms with Crippen LogP contribution in [0.4, 0.5) is 0 Å². The lowest BCUT2D eigenvalue weighted by Crippen LogP contribution is -2.38. The van der Waals surface area contributed by atoms with Gasteiger partial charge in [-0.3, -0.25) is 4.90 Å². The van der Waals surface area contributed by atoms with Crippen molar-refractivity contribution in [2.45, 2.75) is 45.8 Å². The minimum Gasteiger partial charge on any atom is -0.326 e. The molecule has 114 valence electrons. The fourth-order valence-electron chi connectivity index (χ4n) is 2.71. The van der Waals surface area contributed by atoms with E-state index in [9.17, 15) is 0 Å². The molecule has 2 atom stereocenters. The van der Waals surface area contributed by atoms with Crippen molar-refractivity contribution in [1.29, 1.82) is 0 Å². The third-order valence-electron chi connectivity index (χ3n) is 4.07. The van der Waals surface area contributed by atoms with Gasteiger partial charge in [-0.25, -0.2) is 0 Å². The van der Waals surface area contributed by atoms with Crippen LogP contribution in [0.5, 0.6) is 0 Å². The van der Waals surface area contributed by atoms with Crippen molar-refractivity contribution in [3.8, 4) is 0 Å². The molecule has 2 aromatic rings. The SMILES string of the molecule is CCC(N)C(c1sccc1C)N(C)Cc1ccc(C)cc1. The molecule has 0 saturated heterocycles. The van der Waals surface area contributed by atoms with Crippen molar-refractivity contribution >= 4 is 11.3 Å². The van der Waals surface area contributed by atoms with Crippen LogP contribution in [0.1, 0.15) is 41.0 Å². The van der Waals surface area contributed by atoms with Crippen LogP contribution in [-0.4, -0.2) is 18.0 Å². The summed E-state index contributed by atoms with van der Waals surface area (Å²) in [6, 6.07) is 11.4. The zero-order valence-corrected chi connectivity index (χ0v) is 14.3. The van der Waals surface area contributed by atoms with Crippen LogP contribution in [0, 0.1) is 13.8 Å². The third kappa shape index (κ3) is 3.94. The number of benzene rings is 1. The van der Waals surface area contributed by atoms with Crippen molar-refractivity contribution in [2.75, 3.05) is 7.05 Å². The molecule has 0 spiro atoms. The summed E-state index contributed by atoms with van der Waals surface area (Å²) in [5.41, 5.74) is 10.4. The van der Waals surface area contributed by atoms with E-state index in [4.69, 9.17) is 5.73 Å². The van der Waals surface area contributed by atoms with E-state index in [0.29, 0.717) is 0 Å². The Labute approximate surface area is 132 Å². The molecule has 1 aromatic heterocycles. The van der Waals surface area contributed by atoms with Gasteiger partial charge in [0.2, 0.25) is 0 Å².